The molecule has 4 N–H and O–H groups in total. The normalized spacial score (nSPS) is 42.9. The molecule has 2 aliphatic heterocycles. The lowest BCUT2D eigenvalue weighted by molar-refractivity contribution is -0.801. The molecule has 0 radical (unpaired) electrons. The zero-order chi connectivity index (χ0) is 22.6. The number of hydrogen-bond donors (Lipinski definition) is 4. The van der Waals surface area contributed by atoms with Crippen LogP contribution < -0.4 is 5.26 Å². The summed E-state index contributed by atoms with van der Waals surface area (Å²) in [6.45, 7) is 0.185. The predicted molar refractivity (Wildman–Crippen MR) is 85.1 cm³/mol. The molecule has 15 nitrogen and oxygen atoms in total. The number of ether oxygens (including phenoxy) is 4. The molecule has 2 aliphatic rings. The van der Waals surface area contributed by atoms with E-state index in [-0.39, 0.29) is 0 Å². The minimum absolute atomic E-state index is 0.621. The zero-order valence-corrected chi connectivity index (χ0v) is 16.7. The first kappa shape index (κ1) is 25.7. The molecular weight excluding hydrogens is 440 g/mol. The van der Waals surface area contributed by atoms with Gasteiger partial charge in [-0.05, 0) is 0 Å². The first-order chi connectivity index (χ1) is 14.0. The monoisotopic (exact) mass is 464 g/mol. The van der Waals surface area contributed by atoms with Crippen LogP contribution in [0.25, 0.3) is 0 Å². The number of methoxy groups -OCH3 is 1. The summed E-state index contributed by atoms with van der Waals surface area (Å²) in [4.78, 5) is 4.25. The lowest BCUT2D eigenvalue weighted by atomic mass is 9.90. The van der Waals surface area contributed by atoms with Crippen LogP contribution in [0.2, 0.25) is 0 Å². The molecule has 0 aromatic heterocycles. The Kier molecular flexibility index (Phi) is 9.28. The molecule has 10 atom stereocenters. The summed E-state index contributed by atoms with van der Waals surface area (Å²) in [7, 11) is -4.24. The number of rotatable bonds is 9. The van der Waals surface area contributed by atoms with Crippen LogP contribution in [-0.2, 0) is 43.5 Å². The summed E-state index contributed by atoms with van der Waals surface area (Å²) >= 11 is 0. The second-order valence-electron chi connectivity index (χ2n) is 6.76. The minimum Gasteiger partial charge on any atom is -0.726 e. The van der Waals surface area contributed by atoms with E-state index in [0.717, 1.165) is 7.11 Å². The van der Waals surface area contributed by atoms with Crippen molar-refractivity contribution in [3.05, 3.63) is 0 Å². The van der Waals surface area contributed by atoms with Gasteiger partial charge in [-0.3, -0.25) is 9.22 Å². The van der Waals surface area contributed by atoms with Gasteiger partial charge < -0.3 is 49.2 Å². The molecule has 30 heavy (non-hydrogen) atoms. The van der Waals surface area contributed by atoms with Crippen LogP contribution >= 0.6 is 0 Å². The van der Waals surface area contributed by atoms with Crippen LogP contribution in [0.4, 0.5) is 0 Å². The van der Waals surface area contributed by atoms with Crippen molar-refractivity contribution in [1.82, 2.24) is 0 Å². The van der Waals surface area contributed by atoms with Crippen LogP contribution in [0.3, 0.4) is 0 Å². The minimum atomic E-state index is -5.31. The molecule has 2 rings (SSSR count). The van der Waals surface area contributed by atoms with Crippen molar-refractivity contribution in [1.29, 1.82) is 0 Å². The highest BCUT2D eigenvalue weighted by Crippen LogP contribution is 2.32. The van der Waals surface area contributed by atoms with E-state index in [9.17, 15) is 38.7 Å². The third kappa shape index (κ3) is 6.02. The van der Waals surface area contributed by atoms with Crippen molar-refractivity contribution in [3.63, 3.8) is 0 Å². The van der Waals surface area contributed by atoms with Crippen LogP contribution in [0, 0.1) is 5.92 Å². The van der Waals surface area contributed by atoms with Crippen LogP contribution in [0.1, 0.15) is 6.92 Å². The SMILES string of the molecule is CO[C@@H]1OC(COO[O-])[C@H](O[C@@H]2OC(CO)[C@H](O)[C@H](C)C2O)[C@H](O)C1OS(=O)(=O)[O-]. The zero-order valence-electron chi connectivity index (χ0n) is 15.9. The largest absolute Gasteiger partial charge is 0.726 e. The van der Waals surface area contributed by atoms with Gasteiger partial charge in [-0.2, -0.15) is 0 Å². The Bertz CT molecular complexity index is 629. The van der Waals surface area contributed by atoms with E-state index in [4.69, 9.17) is 18.9 Å². The molecule has 0 amide bonds. The maximum Gasteiger partial charge on any atom is 0.218 e. The first-order valence-electron chi connectivity index (χ1n) is 8.73. The maximum atomic E-state index is 11.0. The van der Waals surface area contributed by atoms with Gasteiger partial charge in [0.05, 0.1) is 12.7 Å². The van der Waals surface area contributed by atoms with Crippen LogP contribution in [-0.4, -0.2) is 109 Å². The molecule has 2 saturated heterocycles. The fraction of sp³-hybridized carbons (Fsp3) is 1.00. The van der Waals surface area contributed by atoms with E-state index in [0.29, 0.717) is 0 Å². The molecule has 0 aromatic rings. The van der Waals surface area contributed by atoms with E-state index < -0.39 is 84.8 Å². The highest BCUT2D eigenvalue weighted by Gasteiger charge is 2.51. The fourth-order valence-electron chi connectivity index (χ4n) is 3.26. The summed E-state index contributed by atoms with van der Waals surface area (Å²) in [5.74, 6) is -0.831. The Labute approximate surface area is 171 Å². The van der Waals surface area contributed by atoms with E-state index in [1.807, 2.05) is 0 Å². The summed E-state index contributed by atoms with van der Waals surface area (Å²) < 4.78 is 58.4. The van der Waals surface area contributed by atoms with Gasteiger partial charge in [0, 0.05) is 13.0 Å². The molecule has 2 fully saturated rings. The molecular formula is C14H24O15S-2. The van der Waals surface area contributed by atoms with E-state index >= 15 is 0 Å². The van der Waals surface area contributed by atoms with Gasteiger partial charge in [-0.25, -0.2) is 13.3 Å². The molecule has 4 unspecified atom stereocenters. The standard InChI is InChI=1S/C14H26O15S/c1-5-8(16)6(3-15)25-13(9(5)17)27-11-7(4-24-29-19)26-14(23-2)12(10(11)18)28-30(20,21)22/h5-19H,3-4H2,1-2H3,(H,20,21,22)/p-2/t5-,6?,7?,8+,9?,10-,11-,12?,13-,14+/m0/s1. The Morgan fingerprint density at radius 2 is 1.63 bits per heavy atom. The second-order valence-corrected chi connectivity index (χ2v) is 7.77. The summed E-state index contributed by atoms with van der Waals surface area (Å²) in [5, 5.41) is 53.7. The number of aliphatic hydroxyl groups excluding tert-OH is 4. The Hall–Kier alpha value is -0.570. The summed E-state index contributed by atoms with van der Waals surface area (Å²) in [6, 6.07) is 0. The molecule has 178 valence electrons. The number of aliphatic hydroxyl groups is 4. The van der Waals surface area contributed by atoms with Gasteiger partial charge in [0.25, 0.3) is 0 Å². The van der Waals surface area contributed by atoms with Crippen LogP contribution in [0.15, 0.2) is 0 Å². The van der Waals surface area contributed by atoms with Crippen molar-refractivity contribution >= 4 is 10.4 Å². The van der Waals surface area contributed by atoms with Crippen LogP contribution in [0.5, 0.6) is 0 Å². The molecule has 0 bridgehead atoms. The molecule has 0 aromatic carbocycles. The van der Waals surface area contributed by atoms with Gasteiger partial charge in [0.2, 0.25) is 10.4 Å². The van der Waals surface area contributed by atoms with Gasteiger partial charge in [-0.1, -0.05) is 6.92 Å². The molecule has 0 spiro atoms. The fourth-order valence-corrected chi connectivity index (χ4v) is 3.74. The van der Waals surface area contributed by atoms with Crippen molar-refractivity contribution in [3.8, 4) is 0 Å². The number of hydrogen-bond acceptors (Lipinski definition) is 15. The lowest BCUT2D eigenvalue weighted by Gasteiger charge is -2.47. The topological polar surface area (TPSA) is 226 Å². The predicted octanol–water partition coefficient (Wildman–Crippen LogP) is -4.75. The van der Waals surface area contributed by atoms with E-state index in [2.05, 4.69) is 14.1 Å². The highest BCUT2D eigenvalue weighted by molar-refractivity contribution is 7.80. The lowest BCUT2D eigenvalue weighted by Crippen LogP contribution is -2.64. The Balaban J connectivity index is 2.27. The third-order valence-corrected chi connectivity index (χ3v) is 5.33. The third-order valence-electron chi connectivity index (χ3n) is 4.88. The van der Waals surface area contributed by atoms with Gasteiger partial charge in [0.1, 0.15) is 37.1 Å². The first-order valence-corrected chi connectivity index (χ1v) is 10.1. The average Bonchev–Trinajstić information content (AvgIpc) is 2.69. The molecule has 2 heterocycles. The molecule has 16 heteroatoms. The second kappa shape index (κ2) is 10.8. The van der Waals surface area contributed by atoms with Crippen molar-refractivity contribution in [2.45, 2.75) is 62.2 Å². The quantitative estimate of drug-likeness (QED) is 0.109. The Morgan fingerprint density at radius 3 is 2.17 bits per heavy atom. The maximum absolute atomic E-state index is 11.0. The summed E-state index contributed by atoms with van der Waals surface area (Å²) in [5.41, 5.74) is 0. The van der Waals surface area contributed by atoms with Gasteiger partial charge >= 0.3 is 0 Å². The molecule has 0 aliphatic carbocycles. The van der Waals surface area contributed by atoms with Crippen molar-refractivity contribution in [2.75, 3.05) is 20.3 Å². The van der Waals surface area contributed by atoms with Crippen molar-refractivity contribution in [2.24, 2.45) is 5.92 Å². The van der Waals surface area contributed by atoms with Crippen molar-refractivity contribution < 1.29 is 71.7 Å². The average molecular weight is 464 g/mol. The summed E-state index contributed by atoms with van der Waals surface area (Å²) in [6.07, 6.45) is -13.7. The smallest absolute Gasteiger partial charge is 0.218 e. The van der Waals surface area contributed by atoms with Gasteiger partial charge in [-0.15, -0.1) is 0 Å². The highest BCUT2D eigenvalue weighted by atomic mass is 32.3. The van der Waals surface area contributed by atoms with E-state index in [1.165, 1.54) is 6.92 Å². The van der Waals surface area contributed by atoms with Gasteiger partial charge in [0.15, 0.2) is 18.7 Å². The Morgan fingerprint density at radius 1 is 1.00 bits per heavy atom. The molecule has 0 saturated carbocycles. The van der Waals surface area contributed by atoms with E-state index in [1.54, 1.807) is 0 Å².